The number of carbonyl (C=O) groups excluding carboxylic acids is 2. The molecule has 1 atom stereocenters. The zero-order valence-corrected chi connectivity index (χ0v) is 14.4. The van der Waals surface area contributed by atoms with Gasteiger partial charge in [0.25, 0.3) is 0 Å². The monoisotopic (exact) mass is 390 g/mol. The van der Waals surface area contributed by atoms with Crippen LogP contribution in [0, 0.1) is 11.7 Å². The van der Waals surface area contributed by atoms with Gasteiger partial charge in [-0.2, -0.15) is 0 Å². The molecule has 0 spiro atoms. The molecule has 4 nitrogen and oxygen atoms in total. The minimum Gasteiger partial charge on any atom is -0.338 e. The van der Waals surface area contributed by atoms with Gasteiger partial charge in [-0.3, -0.25) is 9.59 Å². The summed E-state index contributed by atoms with van der Waals surface area (Å²) in [6.07, 6.45) is 0.147. The Morgan fingerprint density at radius 1 is 1.25 bits per heavy atom. The molecule has 24 heavy (non-hydrogen) atoms. The van der Waals surface area contributed by atoms with E-state index >= 15 is 0 Å². The van der Waals surface area contributed by atoms with Gasteiger partial charge in [0, 0.05) is 24.0 Å². The predicted molar refractivity (Wildman–Crippen MR) is 92.7 cm³/mol. The molecule has 0 unspecified atom stereocenters. The van der Waals surface area contributed by atoms with Crippen LogP contribution in [0.2, 0.25) is 0 Å². The van der Waals surface area contributed by atoms with Crippen molar-refractivity contribution in [2.75, 3.05) is 11.9 Å². The molecule has 1 fully saturated rings. The van der Waals surface area contributed by atoms with Crippen molar-refractivity contribution in [3.05, 3.63) is 64.4 Å². The fraction of sp³-hybridized carbons (Fsp3) is 0.222. The first kappa shape index (κ1) is 16.6. The molecule has 1 N–H and O–H groups in total. The summed E-state index contributed by atoms with van der Waals surface area (Å²) >= 11 is 3.40. The van der Waals surface area contributed by atoms with Crippen molar-refractivity contribution in [3.8, 4) is 0 Å². The molecule has 2 aromatic carbocycles. The summed E-state index contributed by atoms with van der Waals surface area (Å²) in [6, 6.07) is 13.7. The lowest BCUT2D eigenvalue weighted by Gasteiger charge is -2.17. The Kier molecular flexibility index (Phi) is 4.94. The number of amides is 2. The molecule has 1 aliphatic heterocycles. The molecule has 2 aromatic rings. The number of likely N-dealkylation sites (tertiary alicyclic amines) is 1. The van der Waals surface area contributed by atoms with Crippen molar-refractivity contribution >= 4 is 33.4 Å². The maximum absolute atomic E-state index is 13.6. The van der Waals surface area contributed by atoms with Gasteiger partial charge >= 0.3 is 0 Å². The van der Waals surface area contributed by atoms with Gasteiger partial charge in [-0.05, 0) is 29.8 Å². The summed E-state index contributed by atoms with van der Waals surface area (Å²) in [5, 5.41) is 2.57. The van der Waals surface area contributed by atoms with Gasteiger partial charge in [0.1, 0.15) is 5.82 Å². The standard InChI is InChI=1S/C18H16BrFN2O2/c19-14-5-3-4-12(8-14)10-22-11-13(9-17(22)23)18(24)21-16-7-2-1-6-15(16)20/h1-8,13H,9-11H2,(H,21,24)/t13-/m1/s1. The van der Waals surface area contributed by atoms with Crippen LogP contribution in [0.4, 0.5) is 10.1 Å². The summed E-state index contributed by atoms with van der Waals surface area (Å²) < 4.78 is 14.6. The summed E-state index contributed by atoms with van der Waals surface area (Å²) in [7, 11) is 0. The third-order valence-electron chi connectivity index (χ3n) is 3.98. The first-order chi connectivity index (χ1) is 11.5. The Hall–Kier alpha value is -2.21. The highest BCUT2D eigenvalue weighted by molar-refractivity contribution is 9.10. The first-order valence-electron chi connectivity index (χ1n) is 7.60. The highest BCUT2D eigenvalue weighted by Crippen LogP contribution is 2.23. The van der Waals surface area contributed by atoms with E-state index in [1.54, 1.807) is 17.0 Å². The van der Waals surface area contributed by atoms with Crippen molar-refractivity contribution in [2.24, 2.45) is 5.92 Å². The van der Waals surface area contributed by atoms with E-state index in [-0.39, 0.29) is 23.9 Å². The molecule has 6 heteroatoms. The third-order valence-corrected chi connectivity index (χ3v) is 4.47. The van der Waals surface area contributed by atoms with Crippen molar-refractivity contribution < 1.29 is 14.0 Å². The van der Waals surface area contributed by atoms with E-state index in [9.17, 15) is 14.0 Å². The van der Waals surface area contributed by atoms with E-state index in [1.165, 1.54) is 12.1 Å². The van der Waals surface area contributed by atoms with Crippen LogP contribution in [0.15, 0.2) is 53.0 Å². The molecule has 3 rings (SSSR count). The average molecular weight is 391 g/mol. The van der Waals surface area contributed by atoms with Crippen molar-refractivity contribution in [1.82, 2.24) is 4.90 Å². The molecule has 1 heterocycles. The second-order valence-electron chi connectivity index (χ2n) is 5.77. The van der Waals surface area contributed by atoms with Crippen molar-refractivity contribution in [2.45, 2.75) is 13.0 Å². The molecule has 1 saturated heterocycles. The number of nitrogens with one attached hydrogen (secondary N) is 1. The summed E-state index contributed by atoms with van der Waals surface area (Å²) in [5.74, 6) is -1.35. The molecule has 1 aliphatic rings. The van der Waals surface area contributed by atoms with Gasteiger partial charge in [0.2, 0.25) is 11.8 Å². The highest BCUT2D eigenvalue weighted by atomic mass is 79.9. The second kappa shape index (κ2) is 7.13. The number of hydrogen-bond donors (Lipinski definition) is 1. The fourth-order valence-corrected chi connectivity index (χ4v) is 3.20. The lowest BCUT2D eigenvalue weighted by Crippen LogP contribution is -2.28. The first-order valence-corrected chi connectivity index (χ1v) is 8.40. The van der Waals surface area contributed by atoms with E-state index in [2.05, 4.69) is 21.2 Å². The number of nitrogens with zero attached hydrogens (tertiary/aromatic N) is 1. The van der Waals surface area contributed by atoms with Crippen LogP contribution in [-0.2, 0) is 16.1 Å². The molecule has 124 valence electrons. The number of halogens is 2. The lowest BCUT2D eigenvalue weighted by atomic mass is 10.1. The number of hydrogen-bond acceptors (Lipinski definition) is 2. The average Bonchev–Trinajstić information content (AvgIpc) is 2.91. The number of rotatable bonds is 4. The predicted octanol–water partition coefficient (Wildman–Crippen LogP) is 3.58. The summed E-state index contributed by atoms with van der Waals surface area (Å²) in [4.78, 5) is 26.1. The van der Waals surface area contributed by atoms with Crippen LogP contribution in [0.25, 0.3) is 0 Å². The normalized spacial score (nSPS) is 17.2. The summed E-state index contributed by atoms with van der Waals surface area (Å²) in [5.41, 5.74) is 1.13. The molecule has 0 aromatic heterocycles. The van der Waals surface area contributed by atoms with Gasteiger partial charge in [-0.15, -0.1) is 0 Å². The maximum atomic E-state index is 13.6. The van der Waals surface area contributed by atoms with Crippen LogP contribution >= 0.6 is 15.9 Å². The van der Waals surface area contributed by atoms with Crippen LogP contribution in [-0.4, -0.2) is 23.3 Å². The maximum Gasteiger partial charge on any atom is 0.229 e. The molecule has 0 bridgehead atoms. The molecule has 0 aliphatic carbocycles. The van der Waals surface area contributed by atoms with E-state index < -0.39 is 11.7 Å². The Morgan fingerprint density at radius 3 is 2.79 bits per heavy atom. The fourth-order valence-electron chi connectivity index (χ4n) is 2.75. The van der Waals surface area contributed by atoms with E-state index in [1.807, 2.05) is 24.3 Å². The SMILES string of the molecule is O=C(Nc1ccccc1F)[C@@H]1CC(=O)N(Cc2cccc(Br)c2)C1. The summed E-state index contributed by atoms with van der Waals surface area (Å²) in [6.45, 7) is 0.799. The Labute approximate surface area is 147 Å². The number of anilines is 1. The van der Waals surface area contributed by atoms with Crippen molar-refractivity contribution in [3.63, 3.8) is 0 Å². The van der Waals surface area contributed by atoms with Crippen molar-refractivity contribution in [1.29, 1.82) is 0 Å². The van der Waals surface area contributed by atoms with Crippen LogP contribution < -0.4 is 5.32 Å². The molecule has 0 saturated carbocycles. The van der Waals surface area contributed by atoms with Gasteiger partial charge in [-0.25, -0.2) is 4.39 Å². The van der Waals surface area contributed by atoms with Gasteiger partial charge in [0.05, 0.1) is 11.6 Å². The molecular weight excluding hydrogens is 375 g/mol. The third kappa shape index (κ3) is 3.82. The van der Waals surface area contributed by atoms with Crippen LogP contribution in [0.1, 0.15) is 12.0 Å². The molecule has 2 amide bonds. The molecular formula is C18H16BrFN2O2. The van der Waals surface area contributed by atoms with E-state index in [0.717, 1.165) is 10.0 Å². The number of benzene rings is 2. The largest absolute Gasteiger partial charge is 0.338 e. The van der Waals surface area contributed by atoms with Gasteiger partial charge in [0.15, 0.2) is 0 Å². The Morgan fingerprint density at radius 2 is 2.04 bits per heavy atom. The molecule has 0 radical (unpaired) electrons. The van der Waals surface area contributed by atoms with Crippen LogP contribution in [0.3, 0.4) is 0 Å². The minimum atomic E-state index is -0.485. The quantitative estimate of drug-likeness (QED) is 0.867. The van der Waals surface area contributed by atoms with Crippen LogP contribution in [0.5, 0.6) is 0 Å². The topological polar surface area (TPSA) is 49.4 Å². The zero-order chi connectivity index (χ0) is 17.1. The Bertz CT molecular complexity index is 781. The van der Waals surface area contributed by atoms with E-state index in [0.29, 0.717) is 13.1 Å². The number of carbonyl (C=O) groups is 2. The van der Waals surface area contributed by atoms with Gasteiger partial charge in [-0.1, -0.05) is 40.2 Å². The second-order valence-corrected chi connectivity index (χ2v) is 6.69. The lowest BCUT2D eigenvalue weighted by molar-refractivity contribution is -0.128. The number of para-hydroxylation sites is 1. The van der Waals surface area contributed by atoms with Gasteiger partial charge < -0.3 is 10.2 Å². The minimum absolute atomic E-state index is 0.0661. The highest BCUT2D eigenvalue weighted by Gasteiger charge is 2.34. The Balaban J connectivity index is 1.64. The van der Waals surface area contributed by atoms with E-state index in [4.69, 9.17) is 0 Å². The smallest absolute Gasteiger partial charge is 0.229 e. The zero-order valence-electron chi connectivity index (χ0n) is 12.8.